The van der Waals surface area contributed by atoms with Gasteiger partial charge in [0, 0.05) is 0 Å². The monoisotopic (exact) mass is 596 g/mol. The minimum atomic E-state index is -4.58. The summed E-state index contributed by atoms with van der Waals surface area (Å²) < 4.78 is 51.7. The predicted molar refractivity (Wildman–Crippen MR) is 147 cm³/mol. The van der Waals surface area contributed by atoms with Crippen molar-refractivity contribution in [3.05, 3.63) is 68.6 Å². The number of aromatic nitrogens is 4. The van der Waals surface area contributed by atoms with Gasteiger partial charge in [0.25, 0.3) is 5.56 Å². The number of alkyl halides is 3. The van der Waals surface area contributed by atoms with Gasteiger partial charge in [0.1, 0.15) is 24.3 Å². The summed E-state index contributed by atoms with van der Waals surface area (Å²) in [4.78, 5) is 36.0. The maximum absolute atomic E-state index is 14.0. The van der Waals surface area contributed by atoms with Crippen molar-refractivity contribution in [2.45, 2.75) is 58.0 Å². The van der Waals surface area contributed by atoms with Crippen molar-refractivity contribution in [1.29, 1.82) is 0 Å². The van der Waals surface area contributed by atoms with E-state index in [4.69, 9.17) is 21.1 Å². The number of nitrogens with one attached hydrogen (secondary N) is 3. The van der Waals surface area contributed by atoms with E-state index in [1.807, 2.05) is 19.9 Å². The Bertz CT molecular complexity index is 1410. The fraction of sp³-hybridized carbons (Fsp3) is 0.481. The number of carbonyl (C=O) groups is 1. The highest BCUT2D eigenvalue weighted by Crippen LogP contribution is 2.40. The van der Waals surface area contributed by atoms with Crippen LogP contribution >= 0.6 is 11.6 Å². The minimum absolute atomic E-state index is 0.0188. The van der Waals surface area contributed by atoms with Gasteiger partial charge in [-0.05, 0) is 56.1 Å². The van der Waals surface area contributed by atoms with Gasteiger partial charge in [-0.1, -0.05) is 31.5 Å². The van der Waals surface area contributed by atoms with Gasteiger partial charge in [0.05, 0.1) is 47.4 Å². The van der Waals surface area contributed by atoms with Crippen LogP contribution in [0.4, 0.5) is 18.9 Å². The second-order valence-corrected chi connectivity index (χ2v) is 9.78. The van der Waals surface area contributed by atoms with Gasteiger partial charge < -0.3 is 20.1 Å². The first-order valence-corrected chi connectivity index (χ1v) is 13.7. The van der Waals surface area contributed by atoms with E-state index < -0.39 is 35.4 Å². The first-order valence-electron chi connectivity index (χ1n) is 13.4. The third-order valence-electron chi connectivity index (χ3n) is 6.88. The lowest BCUT2D eigenvalue weighted by atomic mass is 9.86. The zero-order valence-electron chi connectivity index (χ0n) is 22.7. The fourth-order valence-corrected chi connectivity index (χ4v) is 5.12. The highest BCUT2D eigenvalue weighted by atomic mass is 35.5. The molecule has 0 radical (unpaired) electrons. The zero-order chi connectivity index (χ0) is 29.6. The number of nitrogens with zero attached hydrogens (tertiary/aromatic N) is 3. The van der Waals surface area contributed by atoms with Crippen molar-refractivity contribution in [2.75, 3.05) is 31.6 Å². The molecule has 1 aromatic heterocycles. The van der Waals surface area contributed by atoms with Crippen LogP contribution in [0.3, 0.4) is 0 Å². The van der Waals surface area contributed by atoms with Crippen LogP contribution in [0, 0.1) is 0 Å². The third kappa shape index (κ3) is 6.97. The molecular weight excluding hydrogens is 565 g/mol. The van der Waals surface area contributed by atoms with E-state index in [0.29, 0.717) is 62.6 Å². The number of H-pyrrole nitrogens is 1. The fourth-order valence-electron chi connectivity index (χ4n) is 4.89. The maximum atomic E-state index is 14.0. The molecule has 0 aliphatic carbocycles. The van der Waals surface area contributed by atoms with Crippen molar-refractivity contribution in [2.24, 2.45) is 0 Å². The number of rotatable bonds is 4. The van der Waals surface area contributed by atoms with E-state index in [9.17, 15) is 22.8 Å². The Morgan fingerprint density at radius 2 is 1.98 bits per heavy atom. The molecule has 4 heterocycles. The lowest BCUT2D eigenvalue weighted by Crippen LogP contribution is -2.43. The molecule has 0 saturated carbocycles. The van der Waals surface area contributed by atoms with E-state index in [1.165, 1.54) is 6.33 Å². The van der Waals surface area contributed by atoms with Crippen molar-refractivity contribution in [1.82, 2.24) is 25.1 Å². The van der Waals surface area contributed by atoms with Crippen LogP contribution in [0.15, 0.2) is 35.4 Å². The number of halogens is 4. The molecule has 41 heavy (non-hydrogen) atoms. The number of hydrogen-bond donors (Lipinski definition) is 3. The molecule has 1 aromatic carbocycles. The smallest absolute Gasteiger partial charge is 0.377 e. The maximum Gasteiger partial charge on any atom is 0.416 e. The van der Waals surface area contributed by atoms with Gasteiger partial charge >= 0.3 is 6.18 Å². The summed E-state index contributed by atoms with van der Waals surface area (Å²) in [5.74, 6) is -0.351. The first-order chi connectivity index (χ1) is 19.7. The number of carbonyl (C=O) groups excluding carboxylic acids is 1. The molecular formula is C27H32ClF3N6O4. The molecule has 3 aliphatic heterocycles. The number of piperidine rings is 1. The molecule has 2 aromatic rings. The Kier molecular flexibility index (Phi) is 9.84. The van der Waals surface area contributed by atoms with Crippen molar-refractivity contribution in [3.63, 3.8) is 0 Å². The third-order valence-corrected chi connectivity index (χ3v) is 7.19. The molecule has 14 heteroatoms. The summed E-state index contributed by atoms with van der Waals surface area (Å²) in [6, 6.07) is 2.62. The van der Waals surface area contributed by atoms with Gasteiger partial charge in [-0.3, -0.25) is 14.7 Å². The molecule has 5 rings (SSSR count). The van der Waals surface area contributed by atoms with Crippen molar-refractivity contribution >= 4 is 28.8 Å². The molecule has 0 unspecified atom stereocenters. The van der Waals surface area contributed by atoms with E-state index in [-0.39, 0.29) is 17.3 Å². The Morgan fingerprint density at radius 1 is 1.22 bits per heavy atom. The van der Waals surface area contributed by atoms with Crippen LogP contribution < -0.4 is 16.2 Å². The van der Waals surface area contributed by atoms with Gasteiger partial charge in [-0.25, -0.2) is 14.6 Å². The van der Waals surface area contributed by atoms with Gasteiger partial charge in [-0.15, -0.1) is 0 Å². The van der Waals surface area contributed by atoms with Crippen LogP contribution in [0.1, 0.15) is 55.8 Å². The molecule has 1 amide bonds. The second-order valence-electron chi connectivity index (χ2n) is 9.37. The second kappa shape index (κ2) is 13.1. The summed E-state index contributed by atoms with van der Waals surface area (Å²) in [5, 5.41) is 8.45. The number of fused-ring (bicyclic) bond motifs is 2. The Labute approximate surface area is 239 Å². The summed E-state index contributed by atoms with van der Waals surface area (Å²) >= 11 is 6.02. The average Bonchev–Trinajstić information content (AvgIpc) is 3.32. The number of benzene rings is 1. The van der Waals surface area contributed by atoms with E-state index in [2.05, 4.69) is 25.7 Å². The van der Waals surface area contributed by atoms with E-state index in [1.54, 1.807) is 0 Å². The number of anilines is 1. The van der Waals surface area contributed by atoms with Gasteiger partial charge in [0.15, 0.2) is 0 Å². The summed E-state index contributed by atoms with van der Waals surface area (Å²) in [6.07, 6.45) is 0.220. The van der Waals surface area contributed by atoms with Crippen LogP contribution in [0.2, 0.25) is 5.02 Å². The zero-order valence-corrected chi connectivity index (χ0v) is 23.5. The highest BCUT2D eigenvalue weighted by Gasteiger charge is 2.44. The van der Waals surface area contributed by atoms with E-state index >= 15 is 0 Å². The van der Waals surface area contributed by atoms with E-state index in [0.717, 1.165) is 28.5 Å². The standard InChI is InChI=1S/C25H26ClF3N6O4.C2H6/c26-17-11-16(25(27,28)29)1-2-18(17)33-20(36)12-35-23(37)21-19(13-39-24(21)5-7-30-8-6-24)31-14-32-22(34-35)15-3-9-38-10-4-15;1-2/h1-3,11,14,30H,4-10,12-13H2,(H,33,36)(H,31,32,34);1-2H3. The van der Waals surface area contributed by atoms with Gasteiger partial charge in [0.2, 0.25) is 5.91 Å². The molecule has 3 N–H and O–H groups in total. The minimum Gasteiger partial charge on any atom is -0.377 e. The average molecular weight is 597 g/mol. The molecule has 3 aliphatic rings. The molecule has 222 valence electrons. The predicted octanol–water partition coefficient (Wildman–Crippen LogP) is 4.34. The van der Waals surface area contributed by atoms with Crippen molar-refractivity contribution in [3.8, 4) is 0 Å². The SMILES string of the molecule is CC.O=C(Cn1[nH]c(C2=CCOCC2)ncnc2c(c1=O)C1(CCNCC1)OC2)Nc1ccc(C(F)(F)F)cc1Cl. The summed E-state index contributed by atoms with van der Waals surface area (Å²) in [5.41, 5.74) is -0.749. The largest absolute Gasteiger partial charge is 0.416 e. The molecule has 1 saturated heterocycles. The molecule has 0 atom stereocenters. The topological polar surface area (TPSA) is 123 Å². The molecule has 10 nitrogen and oxygen atoms in total. The Morgan fingerprint density at radius 3 is 2.63 bits per heavy atom. The molecule has 0 bridgehead atoms. The summed E-state index contributed by atoms with van der Waals surface area (Å²) in [7, 11) is 0. The molecule has 1 fully saturated rings. The summed E-state index contributed by atoms with van der Waals surface area (Å²) in [6.45, 7) is 5.74. The number of aromatic amines is 1. The van der Waals surface area contributed by atoms with Crippen molar-refractivity contribution < 1.29 is 27.4 Å². The molecule has 1 spiro atoms. The first kappa shape index (κ1) is 30.7. The van der Waals surface area contributed by atoms with Crippen LogP contribution in [-0.2, 0) is 39.2 Å². The Hall–Kier alpha value is -3.26. The number of amides is 1. The van der Waals surface area contributed by atoms with Crippen LogP contribution in [-0.4, -0.2) is 52.0 Å². The quantitative estimate of drug-likeness (QED) is 0.480. The van der Waals surface area contributed by atoms with Gasteiger partial charge in [-0.2, -0.15) is 13.2 Å². The lowest BCUT2D eigenvalue weighted by molar-refractivity contribution is -0.137. The normalized spacial score (nSPS) is 17.6. The van der Waals surface area contributed by atoms with Crippen LogP contribution in [0.5, 0.6) is 0 Å². The lowest BCUT2D eigenvalue weighted by Gasteiger charge is -2.33. The number of ether oxygens (including phenoxy) is 2. The Balaban J connectivity index is 0.00000189. The number of hydrogen-bond acceptors (Lipinski definition) is 7. The highest BCUT2D eigenvalue weighted by molar-refractivity contribution is 6.33. The van der Waals surface area contributed by atoms with Crippen LogP contribution in [0.25, 0.3) is 5.57 Å².